The van der Waals surface area contributed by atoms with Crippen molar-refractivity contribution in [3.8, 4) is 5.75 Å². The maximum Gasteiger partial charge on any atom is 0.430 e. The van der Waals surface area contributed by atoms with E-state index in [-0.39, 0.29) is 11.3 Å². The van der Waals surface area contributed by atoms with E-state index in [0.29, 0.717) is 5.56 Å². The summed E-state index contributed by atoms with van der Waals surface area (Å²) in [6.45, 7) is 1.76. The van der Waals surface area contributed by atoms with Crippen LogP contribution < -0.4 is 4.74 Å². The first-order valence-electron chi connectivity index (χ1n) is 8.15. The molecule has 0 saturated carbocycles. The maximum absolute atomic E-state index is 13.4. The molecule has 1 aliphatic heterocycles. The number of aryl methyl sites for hydroxylation is 2. The maximum atomic E-state index is 13.4. The SMILES string of the molecule is Cc1cc(C)c2c(c1)C=C(C(=O)OCOC(=O)CCO[N+](=O)[O-])C(C(F)(F)F)O2. The van der Waals surface area contributed by atoms with Gasteiger partial charge in [-0.25, -0.2) is 4.79 Å². The second-order valence-corrected chi connectivity index (χ2v) is 6.01. The Bertz CT molecular complexity index is 850. The van der Waals surface area contributed by atoms with E-state index in [1.165, 1.54) is 0 Å². The van der Waals surface area contributed by atoms with Crippen LogP contribution in [-0.4, -0.2) is 42.7 Å². The number of carbonyl (C=O) groups is 2. The third-order valence-corrected chi connectivity index (χ3v) is 3.72. The lowest BCUT2D eigenvalue weighted by Crippen LogP contribution is -2.41. The molecule has 158 valence electrons. The van der Waals surface area contributed by atoms with Gasteiger partial charge in [0.2, 0.25) is 12.9 Å². The van der Waals surface area contributed by atoms with Crippen molar-refractivity contribution in [1.82, 2.24) is 0 Å². The molecule has 29 heavy (non-hydrogen) atoms. The van der Waals surface area contributed by atoms with Gasteiger partial charge in [0.15, 0.2) is 0 Å². The molecule has 1 aromatic carbocycles. The van der Waals surface area contributed by atoms with Gasteiger partial charge in [0.25, 0.3) is 5.09 Å². The number of carbonyl (C=O) groups excluding carboxylic acids is 2. The van der Waals surface area contributed by atoms with Crippen LogP contribution in [0.2, 0.25) is 0 Å². The molecule has 1 heterocycles. The number of ether oxygens (including phenoxy) is 3. The Balaban J connectivity index is 2.08. The molecule has 1 aliphatic rings. The Morgan fingerprint density at radius 3 is 2.55 bits per heavy atom. The quantitative estimate of drug-likeness (QED) is 0.287. The molecule has 0 bridgehead atoms. The number of halogens is 3. The van der Waals surface area contributed by atoms with Crippen LogP contribution in [0.5, 0.6) is 5.75 Å². The van der Waals surface area contributed by atoms with Gasteiger partial charge in [0, 0.05) is 5.56 Å². The van der Waals surface area contributed by atoms with Gasteiger partial charge < -0.3 is 19.0 Å². The van der Waals surface area contributed by atoms with Crippen molar-refractivity contribution >= 4 is 18.0 Å². The number of hydrogen-bond acceptors (Lipinski definition) is 8. The third-order valence-electron chi connectivity index (χ3n) is 3.72. The second-order valence-electron chi connectivity index (χ2n) is 6.01. The summed E-state index contributed by atoms with van der Waals surface area (Å²) >= 11 is 0. The van der Waals surface area contributed by atoms with Gasteiger partial charge in [0.05, 0.1) is 12.0 Å². The number of hydrogen-bond donors (Lipinski definition) is 0. The Labute approximate surface area is 162 Å². The Kier molecular flexibility index (Phi) is 6.67. The molecule has 0 spiro atoms. The average molecular weight is 419 g/mol. The summed E-state index contributed by atoms with van der Waals surface area (Å²) in [4.78, 5) is 37.3. The highest BCUT2D eigenvalue weighted by atomic mass is 19.4. The minimum Gasteiger partial charge on any atom is -0.475 e. The fourth-order valence-electron chi connectivity index (χ4n) is 2.60. The van der Waals surface area contributed by atoms with Crippen LogP contribution in [-0.2, 0) is 23.9 Å². The summed E-state index contributed by atoms with van der Waals surface area (Å²) in [5.41, 5.74) is 0.709. The number of benzene rings is 1. The summed E-state index contributed by atoms with van der Waals surface area (Å²) in [5.74, 6) is -2.38. The van der Waals surface area contributed by atoms with Crippen molar-refractivity contribution in [3.63, 3.8) is 0 Å². The van der Waals surface area contributed by atoms with Crippen molar-refractivity contribution in [2.24, 2.45) is 0 Å². The summed E-state index contributed by atoms with van der Waals surface area (Å²) in [6, 6.07) is 3.20. The lowest BCUT2D eigenvalue weighted by Gasteiger charge is -2.29. The minimum absolute atomic E-state index is 0.00620. The molecule has 1 aromatic rings. The van der Waals surface area contributed by atoms with E-state index >= 15 is 0 Å². The van der Waals surface area contributed by atoms with Crippen LogP contribution in [0.1, 0.15) is 23.1 Å². The van der Waals surface area contributed by atoms with E-state index in [4.69, 9.17) is 4.74 Å². The lowest BCUT2D eigenvalue weighted by atomic mass is 9.97. The summed E-state index contributed by atoms with van der Waals surface area (Å²) in [5, 5.41) is 8.84. The molecule has 0 radical (unpaired) electrons. The zero-order valence-electron chi connectivity index (χ0n) is 15.3. The largest absolute Gasteiger partial charge is 0.475 e. The summed E-state index contributed by atoms with van der Waals surface area (Å²) in [7, 11) is 0. The molecular weight excluding hydrogens is 403 g/mol. The number of nitrogens with zero attached hydrogens (tertiary/aromatic N) is 1. The molecule has 0 aromatic heterocycles. The average Bonchev–Trinajstić information content (AvgIpc) is 2.59. The number of esters is 2. The highest BCUT2D eigenvalue weighted by Gasteiger charge is 2.49. The van der Waals surface area contributed by atoms with Gasteiger partial charge in [0.1, 0.15) is 12.4 Å². The smallest absolute Gasteiger partial charge is 0.430 e. The van der Waals surface area contributed by atoms with Crippen molar-refractivity contribution in [1.29, 1.82) is 0 Å². The van der Waals surface area contributed by atoms with Crippen LogP contribution in [0.25, 0.3) is 6.08 Å². The van der Waals surface area contributed by atoms with Gasteiger partial charge in [-0.1, -0.05) is 11.6 Å². The van der Waals surface area contributed by atoms with Crippen molar-refractivity contribution in [2.75, 3.05) is 13.4 Å². The first-order valence-corrected chi connectivity index (χ1v) is 8.15. The van der Waals surface area contributed by atoms with Crippen molar-refractivity contribution < 1.29 is 46.9 Å². The Morgan fingerprint density at radius 1 is 1.24 bits per heavy atom. The van der Waals surface area contributed by atoms with Crippen LogP contribution in [0.3, 0.4) is 0 Å². The fraction of sp³-hybridized carbons (Fsp3) is 0.412. The summed E-state index contributed by atoms with van der Waals surface area (Å²) < 4.78 is 54.2. The minimum atomic E-state index is -4.89. The Morgan fingerprint density at radius 2 is 1.93 bits per heavy atom. The monoisotopic (exact) mass is 419 g/mol. The highest BCUT2D eigenvalue weighted by molar-refractivity contribution is 5.96. The predicted molar refractivity (Wildman–Crippen MR) is 89.0 cm³/mol. The van der Waals surface area contributed by atoms with Gasteiger partial charge in [-0.3, -0.25) is 4.79 Å². The fourth-order valence-corrected chi connectivity index (χ4v) is 2.60. The van der Waals surface area contributed by atoms with E-state index in [0.717, 1.165) is 11.6 Å². The molecule has 12 heteroatoms. The standard InChI is InChI=1S/C17H16F3NO8/c1-9-5-10(2)14-11(6-9)7-12(15(29-14)17(18,19)20)16(23)27-8-26-13(22)3-4-28-21(24)25/h5-7,15H,3-4,8H2,1-2H3. The molecule has 0 saturated heterocycles. The molecule has 1 atom stereocenters. The van der Waals surface area contributed by atoms with Gasteiger partial charge in [-0.2, -0.15) is 13.2 Å². The third kappa shape index (κ3) is 5.83. The first-order chi connectivity index (χ1) is 13.5. The van der Waals surface area contributed by atoms with Crippen LogP contribution in [0.4, 0.5) is 13.2 Å². The van der Waals surface area contributed by atoms with Gasteiger partial charge >= 0.3 is 18.1 Å². The number of fused-ring (bicyclic) bond motifs is 1. The predicted octanol–water partition coefficient (Wildman–Crippen LogP) is 2.65. The van der Waals surface area contributed by atoms with Crippen molar-refractivity contribution in [2.45, 2.75) is 32.5 Å². The molecule has 2 rings (SSSR count). The zero-order chi connectivity index (χ0) is 21.8. The van der Waals surface area contributed by atoms with E-state index in [1.54, 1.807) is 26.0 Å². The topological polar surface area (TPSA) is 114 Å². The zero-order valence-corrected chi connectivity index (χ0v) is 15.3. The number of rotatable bonds is 7. The molecule has 0 aliphatic carbocycles. The number of alkyl halides is 3. The lowest BCUT2D eigenvalue weighted by molar-refractivity contribution is -0.757. The normalized spacial score (nSPS) is 15.5. The first kappa shape index (κ1) is 22.0. The van der Waals surface area contributed by atoms with Gasteiger partial charge in [-0.15, -0.1) is 10.1 Å². The molecule has 9 nitrogen and oxygen atoms in total. The van der Waals surface area contributed by atoms with Crippen LogP contribution in [0, 0.1) is 24.0 Å². The molecular formula is C17H16F3NO8. The van der Waals surface area contributed by atoms with Crippen molar-refractivity contribution in [3.05, 3.63) is 44.5 Å². The second kappa shape index (κ2) is 8.80. The molecule has 0 N–H and O–H groups in total. The van der Waals surface area contributed by atoms with E-state index in [9.17, 15) is 32.9 Å². The van der Waals surface area contributed by atoms with Crippen LogP contribution >= 0.6 is 0 Å². The molecule has 0 fully saturated rings. The van der Waals surface area contributed by atoms with Gasteiger partial charge in [-0.05, 0) is 31.6 Å². The van der Waals surface area contributed by atoms with E-state index < -0.39 is 54.7 Å². The van der Waals surface area contributed by atoms with E-state index in [1.807, 2.05) is 0 Å². The van der Waals surface area contributed by atoms with Crippen LogP contribution in [0.15, 0.2) is 17.7 Å². The Hall–Kier alpha value is -3.31. The molecule has 1 unspecified atom stereocenters. The summed E-state index contributed by atoms with van der Waals surface area (Å²) in [6.07, 6.45) is -6.93. The highest BCUT2D eigenvalue weighted by Crippen LogP contribution is 2.39. The van der Waals surface area contributed by atoms with E-state index in [2.05, 4.69) is 14.3 Å². The molecule has 0 amide bonds.